The predicted octanol–water partition coefficient (Wildman–Crippen LogP) is 1.88. The van der Waals surface area contributed by atoms with E-state index >= 15 is 0 Å². The molecule has 0 saturated heterocycles. The van der Waals surface area contributed by atoms with Crippen LogP contribution in [0.4, 0.5) is 0 Å². The van der Waals surface area contributed by atoms with Crippen LogP contribution in [-0.2, 0) is 4.79 Å². The maximum atomic E-state index is 12.2. The third-order valence-electron chi connectivity index (χ3n) is 3.15. The molecule has 1 aliphatic carbocycles. The number of nitrogens with one attached hydrogen (secondary N) is 1. The summed E-state index contributed by atoms with van der Waals surface area (Å²) in [6.07, 6.45) is 3.53. The molecule has 3 heteroatoms. The minimum absolute atomic E-state index is 0.109. The van der Waals surface area contributed by atoms with Gasteiger partial charge in [-0.15, -0.1) is 0 Å². The van der Waals surface area contributed by atoms with Crippen molar-refractivity contribution in [3.8, 4) is 0 Å². The second kappa shape index (κ2) is 6.24. The van der Waals surface area contributed by atoms with Gasteiger partial charge in [0.15, 0.2) is 0 Å². The lowest BCUT2D eigenvalue weighted by Gasteiger charge is -2.26. The molecule has 1 saturated carbocycles. The van der Waals surface area contributed by atoms with Gasteiger partial charge in [0.05, 0.1) is 0 Å². The number of rotatable bonds is 7. The summed E-state index contributed by atoms with van der Waals surface area (Å²) in [5, 5.41) is 3.08. The maximum absolute atomic E-state index is 12.2. The van der Waals surface area contributed by atoms with Crippen molar-refractivity contribution in [2.45, 2.75) is 46.1 Å². The van der Waals surface area contributed by atoms with Crippen LogP contribution in [-0.4, -0.2) is 37.0 Å². The van der Waals surface area contributed by atoms with Crippen LogP contribution < -0.4 is 5.32 Å². The summed E-state index contributed by atoms with van der Waals surface area (Å²) in [7, 11) is 1.90. The van der Waals surface area contributed by atoms with Gasteiger partial charge in [0.25, 0.3) is 0 Å². The second-order valence-electron chi connectivity index (χ2n) is 5.40. The first kappa shape index (κ1) is 13.5. The summed E-state index contributed by atoms with van der Waals surface area (Å²) in [5.74, 6) is 1.11. The molecule has 94 valence electrons. The number of hydrogen-bond donors (Lipinski definition) is 1. The van der Waals surface area contributed by atoms with Crippen molar-refractivity contribution in [3.63, 3.8) is 0 Å². The van der Waals surface area contributed by atoms with Crippen molar-refractivity contribution in [3.05, 3.63) is 0 Å². The van der Waals surface area contributed by atoms with Crippen molar-refractivity contribution < 1.29 is 4.79 Å². The fraction of sp³-hybridized carbons (Fsp3) is 0.923. The van der Waals surface area contributed by atoms with E-state index in [4.69, 9.17) is 0 Å². The highest BCUT2D eigenvalue weighted by atomic mass is 16.2. The van der Waals surface area contributed by atoms with Gasteiger partial charge in [-0.25, -0.2) is 0 Å². The fourth-order valence-corrected chi connectivity index (χ4v) is 1.93. The molecule has 1 N–H and O–H groups in total. The Morgan fingerprint density at radius 2 is 2.00 bits per heavy atom. The molecule has 0 aromatic rings. The SMILES string of the molecule is CNCC(C)C(=O)N(CCC(C)C)C1CC1. The smallest absolute Gasteiger partial charge is 0.226 e. The molecule has 1 aliphatic rings. The number of carbonyl (C=O) groups is 1. The summed E-state index contributed by atoms with van der Waals surface area (Å²) in [6, 6.07) is 0.547. The van der Waals surface area contributed by atoms with E-state index in [1.54, 1.807) is 0 Å². The third-order valence-corrected chi connectivity index (χ3v) is 3.15. The normalized spacial score (nSPS) is 17.6. The number of carbonyl (C=O) groups excluding carboxylic acids is 1. The molecule has 1 rings (SSSR count). The molecule has 0 heterocycles. The van der Waals surface area contributed by atoms with E-state index in [1.807, 2.05) is 14.0 Å². The van der Waals surface area contributed by atoms with E-state index in [9.17, 15) is 4.79 Å². The zero-order valence-corrected chi connectivity index (χ0v) is 11.1. The standard InChI is InChI=1S/C13H26N2O/c1-10(2)7-8-15(12-5-6-12)13(16)11(3)9-14-4/h10-12,14H,5-9H2,1-4H3. The van der Waals surface area contributed by atoms with Crippen LogP contribution in [0.5, 0.6) is 0 Å². The first-order valence-electron chi connectivity index (χ1n) is 6.51. The van der Waals surface area contributed by atoms with Gasteiger partial charge in [-0.3, -0.25) is 4.79 Å². The lowest BCUT2D eigenvalue weighted by molar-refractivity contribution is -0.135. The Kier molecular flexibility index (Phi) is 5.26. The molecule has 16 heavy (non-hydrogen) atoms. The zero-order chi connectivity index (χ0) is 12.1. The summed E-state index contributed by atoms with van der Waals surface area (Å²) < 4.78 is 0. The highest BCUT2D eigenvalue weighted by Crippen LogP contribution is 2.28. The molecule has 3 nitrogen and oxygen atoms in total. The first-order chi connectivity index (χ1) is 7.56. The minimum Gasteiger partial charge on any atom is -0.339 e. The Labute approximate surface area is 99.6 Å². The number of amides is 1. The molecule has 0 radical (unpaired) electrons. The van der Waals surface area contributed by atoms with E-state index in [0.29, 0.717) is 17.9 Å². The molecule has 0 bridgehead atoms. The van der Waals surface area contributed by atoms with Crippen LogP contribution >= 0.6 is 0 Å². The Hall–Kier alpha value is -0.570. The average Bonchev–Trinajstić information content (AvgIpc) is 3.01. The maximum Gasteiger partial charge on any atom is 0.226 e. The highest BCUT2D eigenvalue weighted by Gasteiger charge is 2.33. The molecule has 0 aliphatic heterocycles. The lowest BCUT2D eigenvalue weighted by Crippen LogP contribution is -2.40. The van der Waals surface area contributed by atoms with Gasteiger partial charge < -0.3 is 10.2 Å². The molecule has 0 aromatic heterocycles. The van der Waals surface area contributed by atoms with Gasteiger partial charge in [0.1, 0.15) is 0 Å². The van der Waals surface area contributed by atoms with Crippen molar-refractivity contribution in [2.75, 3.05) is 20.1 Å². The number of hydrogen-bond acceptors (Lipinski definition) is 2. The molecule has 1 atom stereocenters. The van der Waals surface area contributed by atoms with E-state index in [0.717, 1.165) is 19.5 Å². The molecular weight excluding hydrogens is 200 g/mol. The van der Waals surface area contributed by atoms with Gasteiger partial charge in [-0.05, 0) is 32.2 Å². The molecule has 1 amide bonds. The monoisotopic (exact) mass is 226 g/mol. The van der Waals surface area contributed by atoms with Crippen molar-refractivity contribution >= 4 is 5.91 Å². The first-order valence-corrected chi connectivity index (χ1v) is 6.51. The third kappa shape index (κ3) is 4.12. The Balaban J connectivity index is 2.45. The molecular formula is C13H26N2O. The minimum atomic E-state index is 0.109. The summed E-state index contributed by atoms with van der Waals surface area (Å²) in [5.41, 5.74) is 0. The van der Waals surface area contributed by atoms with Crippen LogP contribution in [0, 0.1) is 11.8 Å². The average molecular weight is 226 g/mol. The van der Waals surface area contributed by atoms with Gasteiger partial charge in [0.2, 0.25) is 5.91 Å². The molecule has 1 fully saturated rings. The van der Waals surface area contributed by atoms with Gasteiger partial charge in [-0.2, -0.15) is 0 Å². The van der Waals surface area contributed by atoms with Crippen LogP contribution in [0.3, 0.4) is 0 Å². The van der Waals surface area contributed by atoms with Crippen LogP contribution in [0.2, 0.25) is 0 Å². The van der Waals surface area contributed by atoms with E-state index in [1.165, 1.54) is 12.8 Å². The Bertz CT molecular complexity index is 224. The van der Waals surface area contributed by atoms with Crippen LogP contribution in [0.1, 0.15) is 40.0 Å². The van der Waals surface area contributed by atoms with E-state index < -0.39 is 0 Å². The second-order valence-corrected chi connectivity index (χ2v) is 5.40. The topological polar surface area (TPSA) is 32.3 Å². The predicted molar refractivity (Wildman–Crippen MR) is 67.3 cm³/mol. The quantitative estimate of drug-likeness (QED) is 0.719. The van der Waals surface area contributed by atoms with Gasteiger partial charge in [0, 0.05) is 25.0 Å². The zero-order valence-electron chi connectivity index (χ0n) is 11.1. The van der Waals surface area contributed by atoms with Crippen molar-refractivity contribution in [1.82, 2.24) is 10.2 Å². The molecule has 0 spiro atoms. The number of nitrogens with zero attached hydrogens (tertiary/aromatic N) is 1. The largest absolute Gasteiger partial charge is 0.339 e. The lowest BCUT2D eigenvalue weighted by atomic mass is 10.1. The Morgan fingerprint density at radius 1 is 1.38 bits per heavy atom. The van der Waals surface area contributed by atoms with Crippen molar-refractivity contribution in [2.24, 2.45) is 11.8 Å². The summed E-state index contributed by atoms with van der Waals surface area (Å²) in [6.45, 7) is 8.17. The van der Waals surface area contributed by atoms with Crippen LogP contribution in [0.25, 0.3) is 0 Å². The van der Waals surface area contributed by atoms with E-state index in [-0.39, 0.29) is 5.92 Å². The summed E-state index contributed by atoms with van der Waals surface area (Å²) >= 11 is 0. The van der Waals surface area contributed by atoms with Gasteiger partial charge >= 0.3 is 0 Å². The fourth-order valence-electron chi connectivity index (χ4n) is 1.93. The summed E-state index contributed by atoms with van der Waals surface area (Å²) in [4.78, 5) is 14.3. The highest BCUT2D eigenvalue weighted by molar-refractivity contribution is 5.79. The Morgan fingerprint density at radius 3 is 2.44 bits per heavy atom. The van der Waals surface area contributed by atoms with Crippen LogP contribution in [0.15, 0.2) is 0 Å². The van der Waals surface area contributed by atoms with E-state index in [2.05, 4.69) is 24.1 Å². The van der Waals surface area contributed by atoms with Crippen molar-refractivity contribution in [1.29, 1.82) is 0 Å². The molecule has 0 aromatic carbocycles. The van der Waals surface area contributed by atoms with Gasteiger partial charge in [-0.1, -0.05) is 20.8 Å². The molecule has 1 unspecified atom stereocenters.